The Morgan fingerprint density at radius 2 is 2.00 bits per heavy atom. The third kappa shape index (κ3) is 2.07. The zero-order valence-corrected chi connectivity index (χ0v) is 9.16. The third-order valence-electron chi connectivity index (χ3n) is 2.71. The van der Waals surface area contributed by atoms with E-state index < -0.39 is 0 Å². The van der Waals surface area contributed by atoms with Gasteiger partial charge in [-0.15, -0.1) is 0 Å². The lowest BCUT2D eigenvalue weighted by Crippen LogP contribution is -1.97. The topological polar surface area (TPSA) is 27.7 Å². The van der Waals surface area contributed by atoms with Gasteiger partial charge in [0.1, 0.15) is 0 Å². The molecule has 1 aromatic carbocycles. The SMILES string of the molecule is COc1ccc([C@@H]2CCCO2)cc1OC. The number of benzene rings is 1. The molecule has 3 heteroatoms. The monoisotopic (exact) mass is 208 g/mol. The van der Waals surface area contributed by atoms with Crippen molar-refractivity contribution in [2.24, 2.45) is 0 Å². The molecule has 0 bridgehead atoms. The second-order valence-electron chi connectivity index (χ2n) is 3.62. The highest BCUT2D eigenvalue weighted by Crippen LogP contribution is 2.34. The van der Waals surface area contributed by atoms with E-state index in [-0.39, 0.29) is 6.10 Å². The summed E-state index contributed by atoms with van der Waals surface area (Å²) in [7, 11) is 3.29. The fourth-order valence-electron chi connectivity index (χ4n) is 1.89. The Hall–Kier alpha value is -1.22. The van der Waals surface area contributed by atoms with Crippen LogP contribution in [0, 0.1) is 0 Å². The summed E-state index contributed by atoms with van der Waals surface area (Å²) in [4.78, 5) is 0. The molecule has 2 rings (SSSR count). The lowest BCUT2D eigenvalue weighted by molar-refractivity contribution is 0.111. The van der Waals surface area contributed by atoms with Gasteiger partial charge in [0, 0.05) is 6.61 Å². The quantitative estimate of drug-likeness (QED) is 0.764. The van der Waals surface area contributed by atoms with Crippen molar-refractivity contribution >= 4 is 0 Å². The molecular formula is C12H16O3. The van der Waals surface area contributed by atoms with E-state index >= 15 is 0 Å². The predicted molar refractivity (Wildman–Crippen MR) is 57.5 cm³/mol. The highest BCUT2D eigenvalue weighted by molar-refractivity contribution is 5.43. The van der Waals surface area contributed by atoms with Crippen molar-refractivity contribution in [3.05, 3.63) is 23.8 Å². The van der Waals surface area contributed by atoms with Crippen LogP contribution < -0.4 is 9.47 Å². The molecule has 0 aliphatic carbocycles. The van der Waals surface area contributed by atoms with Crippen LogP contribution in [0.25, 0.3) is 0 Å². The van der Waals surface area contributed by atoms with E-state index in [9.17, 15) is 0 Å². The van der Waals surface area contributed by atoms with E-state index in [1.165, 1.54) is 5.56 Å². The first kappa shape index (κ1) is 10.3. The van der Waals surface area contributed by atoms with E-state index in [4.69, 9.17) is 14.2 Å². The van der Waals surface area contributed by atoms with Gasteiger partial charge < -0.3 is 14.2 Å². The number of hydrogen-bond acceptors (Lipinski definition) is 3. The summed E-state index contributed by atoms with van der Waals surface area (Å²) in [5, 5.41) is 0. The van der Waals surface area contributed by atoms with Crippen LogP contribution in [0.3, 0.4) is 0 Å². The first-order chi connectivity index (χ1) is 7.35. The molecule has 0 N–H and O–H groups in total. The highest BCUT2D eigenvalue weighted by atomic mass is 16.5. The zero-order chi connectivity index (χ0) is 10.7. The second kappa shape index (κ2) is 4.53. The fraction of sp³-hybridized carbons (Fsp3) is 0.500. The van der Waals surface area contributed by atoms with Crippen molar-refractivity contribution in [1.82, 2.24) is 0 Å². The van der Waals surface area contributed by atoms with E-state index in [0.717, 1.165) is 30.9 Å². The number of hydrogen-bond donors (Lipinski definition) is 0. The molecule has 0 unspecified atom stereocenters. The van der Waals surface area contributed by atoms with E-state index in [1.807, 2.05) is 18.2 Å². The summed E-state index contributed by atoms with van der Waals surface area (Å²) >= 11 is 0. The van der Waals surface area contributed by atoms with Gasteiger partial charge in [0.25, 0.3) is 0 Å². The first-order valence-electron chi connectivity index (χ1n) is 5.18. The Bertz CT molecular complexity index is 330. The van der Waals surface area contributed by atoms with Gasteiger partial charge >= 0.3 is 0 Å². The van der Waals surface area contributed by atoms with Crippen molar-refractivity contribution in [3.8, 4) is 11.5 Å². The molecule has 82 valence electrons. The molecule has 0 amide bonds. The first-order valence-corrected chi connectivity index (χ1v) is 5.18. The maximum atomic E-state index is 5.62. The van der Waals surface area contributed by atoms with Crippen molar-refractivity contribution < 1.29 is 14.2 Å². The standard InChI is InChI=1S/C12H16O3/c1-13-11-6-5-9(8-12(11)14-2)10-4-3-7-15-10/h5-6,8,10H,3-4,7H2,1-2H3/t10-/m0/s1. The van der Waals surface area contributed by atoms with Gasteiger partial charge in [0.05, 0.1) is 20.3 Å². The molecule has 1 aliphatic rings. The average molecular weight is 208 g/mol. The number of methoxy groups -OCH3 is 2. The van der Waals surface area contributed by atoms with Gasteiger partial charge in [0.2, 0.25) is 0 Å². The van der Waals surface area contributed by atoms with Crippen molar-refractivity contribution in [1.29, 1.82) is 0 Å². The second-order valence-corrected chi connectivity index (χ2v) is 3.62. The molecule has 1 aliphatic heterocycles. The van der Waals surface area contributed by atoms with Crippen LogP contribution in [-0.4, -0.2) is 20.8 Å². The van der Waals surface area contributed by atoms with Gasteiger partial charge in [-0.2, -0.15) is 0 Å². The molecule has 1 aromatic rings. The number of ether oxygens (including phenoxy) is 3. The van der Waals surface area contributed by atoms with E-state index in [0.29, 0.717) is 0 Å². The maximum absolute atomic E-state index is 5.62. The fourth-order valence-corrected chi connectivity index (χ4v) is 1.89. The summed E-state index contributed by atoms with van der Waals surface area (Å²) in [6, 6.07) is 5.96. The summed E-state index contributed by atoms with van der Waals surface area (Å²) < 4.78 is 16.1. The normalized spacial score (nSPS) is 20.3. The van der Waals surface area contributed by atoms with Crippen LogP contribution in [0.4, 0.5) is 0 Å². The largest absolute Gasteiger partial charge is 0.493 e. The van der Waals surface area contributed by atoms with Crippen molar-refractivity contribution in [3.63, 3.8) is 0 Å². The molecule has 0 spiro atoms. The third-order valence-corrected chi connectivity index (χ3v) is 2.71. The summed E-state index contributed by atoms with van der Waals surface area (Å²) in [5.74, 6) is 1.53. The number of rotatable bonds is 3. The minimum atomic E-state index is 0.227. The van der Waals surface area contributed by atoms with Crippen LogP contribution in [0.5, 0.6) is 11.5 Å². The minimum absolute atomic E-state index is 0.227. The molecule has 1 heterocycles. The Balaban J connectivity index is 2.25. The molecule has 3 nitrogen and oxygen atoms in total. The molecule has 0 saturated carbocycles. The van der Waals surface area contributed by atoms with Crippen LogP contribution >= 0.6 is 0 Å². The van der Waals surface area contributed by atoms with Crippen LogP contribution in [0.2, 0.25) is 0 Å². The molecule has 1 saturated heterocycles. The Morgan fingerprint density at radius 3 is 2.60 bits per heavy atom. The van der Waals surface area contributed by atoms with Gasteiger partial charge in [-0.1, -0.05) is 6.07 Å². The van der Waals surface area contributed by atoms with Crippen LogP contribution in [0.1, 0.15) is 24.5 Å². The molecule has 0 aromatic heterocycles. The highest BCUT2D eigenvalue weighted by Gasteiger charge is 2.19. The van der Waals surface area contributed by atoms with Crippen LogP contribution in [0.15, 0.2) is 18.2 Å². The van der Waals surface area contributed by atoms with Crippen molar-refractivity contribution in [2.75, 3.05) is 20.8 Å². The van der Waals surface area contributed by atoms with Gasteiger partial charge in [-0.05, 0) is 30.5 Å². The predicted octanol–water partition coefficient (Wildman–Crippen LogP) is 2.56. The molecule has 1 atom stereocenters. The lowest BCUT2D eigenvalue weighted by atomic mass is 10.1. The van der Waals surface area contributed by atoms with Crippen molar-refractivity contribution in [2.45, 2.75) is 18.9 Å². The van der Waals surface area contributed by atoms with E-state index in [1.54, 1.807) is 14.2 Å². The lowest BCUT2D eigenvalue weighted by Gasteiger charge is -2.13. The summed E-state index contributed by atoms with van der Waals surface area (Å²) in [6.45, 7) is 0.860. The van der Waals surface area contributed by atoms with Gasteiger partial charge in [-0.25, -0.2) is 0 Å². The zero-order valence-electron chi connectivity index (χ0n) is 9.16. The minimum Gasteiger partial charge on any atom is -0.493 e. The molecular weight excluding hydrogens is 192 g/mol. The van der Waals surface area contributed by atoms with Gasteiger partial charge in [0.15, 0.2) is 11.5 Å². The van der Waals surface area contributed by atoms with E-state index in [2.05, 4.69) is 0 Å². The Labute approximate surface area is 90.0 Å². The maximum Gasteiger partial charge on any atom is 0.161 e. The molecule has 0 radical (unpaired) electrons. The Morgan fingerprint density at radius 1 is 1.20 bits per heavy atom. The van der Waals surface area contributed by atoms with Crippen LogP contribution in [-0.2, 0) is 4.74 Å². The average Bonchev–Trinajstić information content (AvgIpc) is 2.81. The van der Waals surface area contributed by atoms with Gasteiger partial charge in [-0.3, -0.25) is 0 Å². The summed E-state index contributed by atoms with van der Waals surface area (Å²) in [6.07, 6.45) is 2.46. The summed E-state index contributed by atoms with van der Waals surface area (Å²) in [5.41, 5.74) is 1.17. The molecule has 15 heavy (non-hydrogen) atoms. The molecule has 1 fully saturated rings. The Kier molecular flexibility index (Phi) is 3.11. The smallest absolute Gasteiger partial charge is 0.161 e.